The zero-order valence-electron chi connectivity index (χ0n) is 16.7. The molecular formula is C20H17F4N3O6. The molecule has 0 saturated heterocycles. The van der Waals surface area contributed by atoms with E-state index in [-0.39, 0.29) is 30.8 Å². The van der Waals surface area contributed by atoms with E-state index in [1.807, 2.05) is 0 Å². The van der Waals surface area contributed by atoms with E-state index in [2.05, 4.69) is 14.8 Å². The molecule has 1 heterocycles. The molecule has 33 heavy (non-hydrogen) atoms. The van der Waals surface area contributed by atoms with E-state index in [0.29, 0.717) is 5.56 Å². The van der Waals surface area contributed by atoms with Crippen LogP contribution in [0.15, 0.2) is 42.5 Å². The zero-order valence-corrected chi connectivity index (χ0v) is 16.7. The highest BCUT2D eigenvalue weighted by atomic mass is 19.3. The van der Waals surface area contributed by atoms with Crippen LogP contribution in [-0.4, -0.2) is 41.8 Å². The summed E-state index contributed by atoms with van der Waals surface area (Å²) in [4.78, 5) is 35.4. The number of primary amides is 1. The van der Waals surface area contributed by atoms with Crippen LogP contribution in [0.2, 0.25) is 0 Å². The van der Waals surface area contributed by atoms with Crippen molar-refractivity contribution in [3.8, 4) is 11.5 Å². The van der Waals surface area contributed by atoms with Gasteiger partial charge in [-0.05, 0) is 29.8 Å². The number of carboxylic acid groups (broad SMARTS) is 1. The molecule has 0 unspecified atom stereocenters. The number of hydrogen-bond acceptors (Lipinski definition) is 5. The second-order valence-electron chi connectivity index (χ2n) is 6.89. The number of urea groups is 1. The topological polar surface area (TPSA) is 131 Å². The Hall–Kier alpha value is -4.03. The number of ether oxygens (including phenoxy) is 2. The highest BCUT2D eigenvalue weighted by Gasteiger charge is 2.66. The fourth-order valence-electron chi connectivity index (χ4n) is 2.85. The van der Waals surface area contributed by atoms with Gasteiger partial charge in [-0.15, -0.1) is 0 Å². The molecule has 1 aliphatic heterocycles. The summed E-state index contributed by atoms with van der Waals surface area (Å²) in [5.74, 6) is -2.91. The standard InChI is InChI=1S/C20H17F4N3O6/c21-19(22)20(23,24)33-15-9-13(5-6-14(15)32-19)27(18(25)31)10-11-1-3-12(4-2-11)17(30)26-8-7-16(28)29/h1-6,9H,7-8,10H2,(H2,25,31)(H,26,30)(H,28,29). The van der Waals surface area contributed by atoms with Gasteiger partial charge < -0.3 is 25.6 Å². The summed E-state index contributed by atoms with van der Waals surface area (Å²) in [5.41, 5.74) is 6.08. The van der Waals surface area contributed by atoms with Gasteiger partial charge in [-0.2, -0.15) is 17.6 Å². The first kappa shape index (κ1) is 23.6. The third-order valence-corrected chi connectivity index (χ3v) is 4.50. The molecule has 3 rings (SSSR count). The van der Waals surface area contributed by atoms with Gasteiger partial charge in [0.2, 0.25) is 0 Å². The Morgan fingerprint density at radius 2 is 1.58 bits per heavy atom. The summed E-state index contributed by atoms with van der Waals surface area (Å²) in [5, 5.41) is 11.0. The van der Waals surface area contributed by atoms with Crippen molar-refractivity contribution in [2.45, 2.75) is 25.2 Å². The number of anilines is 1. The van der Waals surface area contributed by atoms with Crippen molar-refractivity contribution < 1.29 is 46.5 Å². The first-order valence-electron chi connectivity index (χ1n) is 9.33. The van der Waals surface area contributed by atoms with Gasteiger partial charge in [0.15, 0.2) is 11.5 Å². The maximum atomic E-state index is 13.5. The van der Waals surface area contributed by atoms with E-state index in [9.17, 15) is 31.9 Å². The summed E-state index contributed by atoms with van der Waals surface area (Å²) in [6.07, 6.45) is -10.0. The third-order valence-electron chi connectivity index (χ3n) is 4.50. The number of nitrogens with one attached hydrogen (secondary N) is 1. The molecule has 0 aliphatic carbocycles. The fraction of sp³-hybridized carbons (Fsp3) is 0.250. The van der Waals surface area contributed by atoms with Crippen molar-refractivity contribution in [3.63, 3.8) is 0 Å². The smallest absolute Gasteiger partial charge is 0.481 e. The number of amides is 3. The van der Waals surface area contributed by atoms with Crippen LogP contribution in [-0.2, 0) is 11.3 Å². The second-order valence-corrected chi connectivity index (χ2v) is 6.89. The lowest BCUT2D eigenvalue weighted by Gasteiger charge is -2.32. The molecule has 2 aromatic rings. The average Bonchev–Trinajstić information content (AvgIpc) is 2.72. The summed E-state index contributed by atoms with van der Waals surface area (Å²) >= 11 is 0. The van der Waals surface area contributed by atoms with E-state index in [0.717, 1.165) is 23.1 Å². The van der Waals surface area contributed by atoms with Gasteiger partial charge in [-0.1, -0.05) is 12.1 Å². The zero-order chi connectivity index (χ0) is 24.4. The van der Waals surface area contributed by atoms with Crippen molar-refractivity contribution in [1.29, 1.82) is 0 Å². The van der Waals surface area contributed by atoms with Crippen LogP contribution in [0.25, 0.3) is 0 Å². The first-order chi connectivity index (χ1) is 15.4. The molecule has 4 N–H and O–H groups in total. The lowest BCUT2D eigenvalue weighted by atomic mass is 10.1. The minimum absolute atomic E-state index is 0.0265. The Labute approximate surface area is 183 Å². The molecule has 1 aliphatic rings. The lowest BCUT2D eigenvalue weighted by molar-refractivity contribution is -0.391. The number of rotatable bonds is 7. The number of carboxylic acids is 1. The largest absolute Gasteiger partial charge is 0.507 e. The van der Waals surface area contributed by atoms with Crippen LogP contribution in [0, 0.1) is 0 Å². The lowest BCUT2D eigenvalue weighted by Crippen LogP contribution is -2.52. The van der Waals surface area contributed by atoms with Crippen LogP contribution >= 0.6 is 0 Å². The molecule has 0 radical (unpaired) electrons. The van der Waals surface area contributed by atoms with E-state index in [4.69, 9.17) is 10.8 Å². The summed E-state index contributed by atoms with van der Waals surface area (Å²) in [6.45, 7) is -0.205. The highest BCUT2D eigenvalue weighted by molar-refractivity contribution is 5.94. The van der Waals surface area contributed by atoms with Crippen molar-refractivity contribution in [1.82, 2.24) is 5.32 Å². The molecular weight excluding hydrogens is 454 g/mol. The van der Waals surface area contributed by atoms with Crippen molar-refractivity contribution in [2.75, 3.05) is 11.4 Å². The predicted molar refractivity (Wildman–Crippen MR) is 104 cm³/mol. The van der Waals surface area contributed by atoms with Gasteiger partial charge in [-0.25, -0.2) is 4.79 Å². The van der Waals surface area contributed by atoms with Crippen molar-refractivity contribution in [2.24, 2.45) is 5.73 Å². The Kier molecular flexibility index (Phi) is 6.33. The highest BCUT2D eigenvalue weighted by Crippen LogP contribution is 2.47. The number of alkyl halides is 4. The van der Waals surface area contributed by atoms with E-state index in [1.54, 1.807) is 0 Å². The molecule has 0 saturated carbocycles. The van der Waals surface area contributed by atoms with Gasteiger partial charge in [0.1, 0.15) is 0 Å². The molecule has 0 fully saturated rings. The van der Waals surface area contributed by atoms with Gasteiger partial charge in [-0.3, -0.25) is 14.5 Å². The van der Waals surface area contributed by atoms with Crippen molar-refractivity contribution >= 4 is 23.6 Å². The second kappa shape index (κ2) is 8.84. The van der Waals surface area contributed by atoms with Crippen LogP contribution in [0.4, 0.5) is 28.0 Å². The molecule has 13 heteroatoms. The van der Waals surface area contributed by atoms with Gasteiger partial charge in [0, 0.05) is 23.9 Å². The number of aliphatic carboxylic acids is 1. The van der Waals surface area contributed by atoms with Gasteiger partial charge >= 0.3 is 24.2 Å². The number of nitrogens with two attached hydrogens (primary N) is 1. The number of benzene rings is 2. The summed E-state index contributed by atoms with van der Waals surface area (Å²) < 4.78 is 61.6. The van der Waals surface area contributed by atoms with E-state index < -0.39 is 41.6 Å². The minimum atomic E-state index is -4.92. The Morgan fingerprint density at radius 1 is 0.970 bits per heavy atom. The Morgan fingerprint density at radius 3 is 2.15 bits per heavy atom. The number of nitrogens with zero attached hydrogens (tertiary/aromatic N) is 1. The number of carbonyl (C=O) groups is 3. The number of hydrogen-bond donors (Lipinski definition) is 3. The molecule has 3 amide bonds. The fourth-order valence-corrected chi connectivity index (χ4v) is 2.85. The summed E-state index contributed by atoms with van der Waals surface area (Å²) in [7, 11) is 0. The normalized spacial score (nSPS) is 15.4. The van der Waals surface area contributed by atoms with Crippen LogP contribution in [0.3, 0.4) is 0 Å². The quantitative estimate of drug-likeness (QED) is 0.533. The molecule has 0 spiro atoms. The van der Waals surface area contributed by atoms with Crippen LogP contribution in [0.5, 0.6) is 11.5 Å². The molecule has 0 atom stereocenters. The molecule has 2 aromatic carbocycles. The number of halogens is 4. The molecule has 0 aromatic heterocycles. The predicted octanol–water partition coefficient (Wildman–Crippen LogP) is 2.93. The monoisotopic (exact) mass is 471 g/mol. The molecule has 9 nitrogen and oxygen atoms in total. The van der Waals surface area contributed by atoms with Gasteiger partial charge in [0.05, 0.1) is 13.0 Å². The third kappa shape index (κ3) is 5.25. The molecule has 0 bridgehead atoms. The van der Waals surface area contributed by atoms with Crippen molar-refractivity contribution in [3.05, 3.63) is 53.6 Å². The SMILES string of the molecule is NC(=O)N(Cc1ccc(C(=O)NCCC(=O)O)cc1)c1ccc2c(c1)OC(F)(F)C(F)(F)O2. The Balaban J connectivity index is 1.75. The van der Waals surface area contributed by atoms with Gasteiger partial charge in [0.25, 0.3) is 5.91 Å². The summed E-state index contributed by atoms with van der Waals surface area (Å²) in [6, 6.07) is 7.88. The first-order valence-corrected chi connectivity index (χ1v) is 9.33. The van der Waals surface area contributed by atoms with E-state index in [1.165, 1.54) is 24.3 Å². The maximum absolute atomic E-state index is 13.5. The minimum Gasteiger partial charge on any atom is -0.481 e. The Bertz CT molecular complexity index is 1080. The van der Waals surface area contributed by atoms with E-state index >= 15 is 0 Å². The van der Waals surface area contributed by atoms with Crippen LogP contribution < -0.4 is 25.4 Å². The average molecular weight is 471 g/mol. The number of fused-ring (bicyclic) bond motifs is 1. The number of carbonyl (C=O) groups excluding carboxylic acids is 2. The molecule has 176 valence electrons. The van der Waals surface area contributed by atoms with Crippen LogP contribution in [0.1, 0.15) is 22.3 Å². The maximum Gasteiger partial charge on any atom is 0.507 e.